The minimum absolute atomic E-state index is 0.110. The van der Waals surface area contributed by atoms with Crippen LogP contribution in [0.3, 0.4) is 0 Å². The number of aromatic amines is 1. The van der Waals surface area contributed by atoms with Crippen LogP contribution in [-0.2, 0) is 0 Å². The molecule has 0 atom stereocenters. The topological polar surface area (TPSA) is 99.7 Å². The standard InChI is InChI=1S/C23H28ClN7O/c24-18-7-8-19-17(21(18)23(32)25-14-15-4-2-1-3-5-15)6-9-20(26-19)31-12-10-16(11-13-31)22-27-29-30-28-22/h6-9,15-16H,1-5,10-14H2,(H,25,32)(H,27,28,29,30). The number of carbonyl (C=O) groups is 1. The highest BCUT2D eigenvalue weighted by Gasteiger charge is 2.25. The lowest BCUT2D eigenvalue weighted by Crippen LogP contribution is -2.33. The Morgan fingerprint density at radius 2 is 1.91 bits per heavy atom. The maximum Gasteiger partial charge on any atom is 0.253 e. The van der Waals surface area contributed by atoms with Crippen molar-refractivity contribution in [3.8, 4) is 0 Å². The van der Waals surface area contributed by atoms with Crippen molar-refractivity contribution in [3.63, 3.8) is 0 Å². The van der Waals surface area contributed by atoms with Gasteiger partial charge in [-0.15, -0.1) is 10.2 Å². The summed E-state index contributed by atoms with van der Waals surface area (Å²) in [7, 11) is 0. The molecule has 9 heteroatoms. The van der Waals surface area contributed by atoms with Gasteiger partial charge in [-0.3, -0.25) is 4.79 Å². The molecular formula is C23H28ClN7O. The summed E-state index contributed by atoms with van der Waals surface area (Å²) in [5, 5.41) is 18.8. The predicted molar refractivity (Wildman–Crippen MR) is 124 cm³/mol. The largest absolute Gasteiger partial charge is 0.357 e. The predicted octanol–water partition coefficient (Wildman–Crippen LogP) is 4.10. The molecule has 32 heavy (non-hydrogen) atoms. The van der Waals surface area contributed by atoms with E-state index in [0.29, 0.717) is 29.0 Å². The fourth-order valence-corrected chi connectivity index (χ4v) is 5.25. The van der Waals surface area contributed by atoms with Gasteiger partial charge in [0.05, 0.1) is 16.1 Å². The lowest BCUT2D eigenvalue weighted by atomic mass is 9.89. The van der Waals surface area contributed by atoms with Crippen LogP contribution in [0, 0.1) is 5.92 Å². The van der Waals surface area contributed by atoms with E-state index in [1.807, 2.05) is 18.2 Å². The van der Waals surface area contributed by atoms with Crippen LogP contribution in [0.2, 0.25) is 5.02 Å². The van der Waals surface area contributed by atoms with E-state index >= 15 is 0 Å². The third-order valence-corrected chi connectivity index (χ3v) is 7.17. The number of carbonyl (C=O) groups excluding carboxylic acids is 1. The quantitative estimate of drug-likeness (QED) is 0.603. The Labute approximate surface area is 192 Å². The van der Waals surface area contributed by atoms with Gasteiger partial charge in [-0.2, -0.15) is 5.21 Å². The lowest BCUT2D eigenvalue weighted by Gasteiger charge is -2.31. The number of hydrogen-bond donors (Lipinski definition) is 2. The van der Waals surface area contributed by atoms with E-state index in [1.165, 1.54) is 32.1 Å². The number of piperidine rings is 1. The van der Waals surface area contributed by atoms with Crippen LogP contribution in [0.1, 0.15) is 67.0 Å². The maximum atomic E-state index is 13.0. The Morgan fingerprint density at radius 3 is 2.66 bits per heavy atom. The van der Waals surface area contributed by atoms with E-state index in [1.54, 1.807) is 6.07 Å². The number of tetrazole rings is 1. The minimum atomic E-state index is -0.110. The van der Waals surface area contributed by atoms with Crippen LogP contribution in [0.25, 0.3) is 10.9 Å². The van der Waals surface area contributed by atoms with Crippen molar-refractivity contribution in [2.24, 2.45) is 5.92 Å². The third-order valence-electron chi connectivity index (χ3n) is 6.85. The number of fused-ring (bicyclic) bond motifs is 1. The van der Waals surface area contributed by atoms with Crippen LogP contribution < -0.4 is 10.2 Å². The van der Waals surface area contributed by atoms with Gasteiger partial charge in [0, 0.05) is 30.9 Å². The first-order chi connectivity index (χ1) is 15.7. The molecule has 168 valence electrons. The van der Waals surface area contributed by atoms with Crippen LogP contribution in [0.4, 0.5) is 5.82 Å². The van der Waals surface area contributed by atoms with Crippen molar-refractivity contribution in [2.45, 2.75) is 50.9 Å². The molecule has 0 spiro atoms. The number of hydrogen-bond acceptors (Lipinski definition) is 6. The molecule has 2 aliphatic rings. The summed E-state index contributed by atoms with van der Waals surface area (Å²) < 4.78 is 0. The van der Waals surface area contributed by atoms with Crippen LogP contribution >= 0.6 is 11.6 Å². The number of pyridine rings is 1. The van der Waals surface area contributed by atoms with Gasteiger partial charge in [0.2, 0.25) is 0 Å². The van der Waals surface area contributed by atoms with Gasteiger partial charge in [-0.05, 0) is 55.9 Å². The van der Waals surface area contributed by atoms with E-state index in [9.17, 15) is 4.79 Å². The molecule has 1 saturated carbocycles. The fourth-order valence-electron chi connectivity index (χ4n) is 5.00. The zero-order valence-corrected chi connectivity index (χ0v) is 18.8. The molecule has 1 amide bonds. The zero-order chi connectivity index (χ0) is 21.9. The maximum absolute atomic E-state index is 13.0. The van der Waals surface area contributed by atoms with E-state index in [0.717, 1.165) is 48.5 Å². The highest BCUT2D eigenvalue weighted by molar-refractivity contribution is 6.35. The number of anilines is 1. The average Bonchev–Trinajstić information content (AvgIpc) is 3.38. The lowest BCUT2D eigenvalue weighted by molar-refractivity contribution is 0.0945. The average molecular weight is 454 g/mol. The molecule has 2 fully saturated rings. The van der Waals surface area contributed by atoms with Gasteiger partial charge >= 0.3 is 0 Å². The second-order valence-electron chi connectivity index (χ2n) is 8.90. The summed E-state index contributed by atoms with van der Waals surface area (Å²) in [4.78, 5) is 20.1. The Kier molecular flexibility index (Phi) is 6.21. The Bertz CT molecular complexity index is 1070. The molecule has 0 bridgehead atoms. The van der Waals surface area contributed by atoms with E-state index in [2.05, 4.69) is 30.8 Å². The van der Waals surface area contributed by atoms with Crippen molar-refractivity contribution >= 4 is 34.2 Å². The monoisotopic (exact) mass is 453 g/mol. The van der Waals surface area contributed by atoms with Gasteiger partial charge < -0.3 is 10.2 Å². The molecule has 5 rings (SSSR count). The number of nitrogens with one attached hydrogen (secondary N) is 2. The molecule has 1 saturated heterocycles. The van der Waals surface area contributed by atoms with Gasteiger partial charge in [-0.1, -0.05) is 36.1 Å². The molecule has 1 aliphatic heterocycles. The molecule has 2 aromatic heterocycles. The molecule has 0 radical (unpaired) electrons. The molecule has 3 heterocycles. The summed E-state index contributed by atoms with van der Waals surface area (Å²) >= 11 is 6.45. The van der Waals surface area contributed by atoms with E-state index < -0.39 is 0 Å². The highest BCUT2D eigenvalue weighted by Crippen LogP contribution is 2.31. The molecular weight excluding hydrogens is 426 g/mol. The van der Waals surface area contributed by atoms with E-state index in [-0.39, 0.29) is 5.91 Å². The molecule has 0 unspecified atom stereocenters. The normalized spacial score (nSPS) is 18.2. The minimum Gasteiger partial charge on any atom is -0.357 e. The van der Waals surface area contributed by atoms with Crippen LogP contribution in [0.5, 0.6) is 0 Å². The second kappa shape index (κ2) is 9.40. The number of H-pyrrole nitrogens is 1. The summed E-state index contributed by atoms with van der Waals surface area (Å²) in [6.07, 6.45) is 8.12. The van der Waals surface area contributed by atoms with Crippen molar-refractivity contribution in [3.05, 3.63) is 40.7 Å². The van der Waals surface area contributed by atoms with Gasteiger partial charge in [0.15, 0.2) is 5.82 Å². The number of rotatable bonds is 5. The van der Waals surface area contributed by atoms with Crippen molar-refractivity contribution in [1.29, 1.82) is 0 Å². The number of aromatic nitrogens is 5. The summed E-state index contributed by atoms with van der Waals surface area (Å²) in [6, 6.07) is 7.64. The number of halogens is 1. The van der Waals surface area contributed by atoms with Crippen molar-refractivity contribution < 1.29 is 4.79 Å². The molecule has 2 N–H and O–H groups in total. The van der Waals surface area contributed by atoms with E-state index in [4.69, 9.17) is 16.6 Å². The third kappa shape index (κ3) is 4.41. The van der Waals surface area contributed by atoms with Gasteiger partial charge in [0.1, 0.15) is 5.82 Å². The molecule has 1 aliphatic carbocycles. The number of benzene rings is 1. The van der Waals surface area contributed by atoms with Crippen LogP contribution in [0.15, 0.2) is 24.3 Å². The van der Waals surface area contributed by atoms with Crippen molar-refractivity contribution in [2.75, 3.05) is 24.5 Å². The highest BCUT2D eigenvalue weighted by atomic mass is 35.5. The SMILES string of the molecule is O=C(NCC1CCCCC1)c1c(Cl)ccc2nc(N3CCC(c4nn[nH]n4)CC3)ccc12. The van der Waals surface area contributed by atoms with Gasteiger partial charge in [-0.25, -0.2) is 4.98 Å². The van der Waals surface area contributed by atoms with Crippen molar-refractivity contribution in [1.82, 2.24) is 30.9 Å². The molecule has 3 aromatic rings. The summed E-state index contributed by atoms with van der Waals surface area (Å²) in [5.74, 6) is 2.49. The van der Waals surface area contributed by atoms with Gasteiger partial charge in [0.25, 0.3) is 5.91 Å². The summed E-state index contributed by atoms with van der Waals surface area (Å²) in [5.41, 5.74) is 1.31. The Hall–Kier alpha value is -2.74. The first-order valence-corrected chi connectivity index (χ1v) is 11.9. The fraction of sp³-hybridized carbons (Fsp3) is 0.522. The first-order valence-electron chi connectivity index (χ1n) is 11.5. The second-order valence-corrected chi connectivity index (χ2v) is 9.31. The Morgan fingerprint density at radius 1 is 1.09 bits per heavy atom. The zero-order valence-electron chi connectivity index (χ0n) is 18.1. The number of nitrogens with zero attached hydrogens (tertiary/aromatic N) is 5. The number of amides is 1. The Balaban J connectivity index is 1.30. The molecule has 1 aromatic carbocycles. The van der Waals surface area contributed by atoms with Crippen LogP contribution in [-0.4, -0.2) is 51.1 Å². The smallest absolute Gasteiger partial charge is 0.253 e. The molecule has 8 nitrogen and oxygen atoms in total. The first kappa shape index (κ1) is 21.1. The summed E-state index contributed by atoms with van der Waals surface area (Å²) in [6.45, 7) is 2.46.